The number of likely N-dealkylation sites (N-methyl/N-ethyl adjacent to an activating group) is 1. The molecule has 0 heterocycles. The fourth-order valence-corrected chi connectivity index (χ4v) is 0.574. The Kier molecular flexibility index (Phi) is 4.01. The molecule has 0 aliphatic heterocycles. The van der Waals surface area contributed by atoms with E-state index in [4.69, 9.17) is 0 Å². The maximum absolute atomic E-state index is 9.73. The molecule has 1 N–H and O–H groups in total. The van der Waals surface area contributed by atoms with Crippen LogP contribution in [-0.2, 0) is 9.09 Å². The molecule has 0 spiro atoms. The normalized spacial score (nSPS) is 11.9. The lowest BCUT2D eigenvalue weighted by atomic mass is 10.7. The lowest BCUT2D eigenvalue weighted by Crippen LogP contribution is -2.21. The lowest BCUT2D eigenvalue weighted by molar-refractivity contribution is -0.341. The molecule has 56 valence electrons. The molecule has 0 radical (unpaired) electrons. The van der Waals surface area contributed by atoms with E-state index >= 15 is 0 Å². The molecule has 0 aromatic heterocycles. The predicted molar refractivity (Wildman–Crippen MR) is 27.5 cm³/mol. The highest BCUT2D eigenvalue weighted by atomic mass is 31.2. The third kappa shape index (κ3) is 8.07. The summed E-state index contributed by atoms with van der Waals surface area (Å²) < 4.78 is 13.6. The number of phosphoric ester groups is 1. The van der Waals surface area contributed by atoms with E-state index in [0.29, 0.717) is 6.54 Å². The minimum absolute atomic E-state index is 0.0965. The van der Waals surface area contributed by atoms with Gasteiger partial charge >= 0.3 is 0 Å². The Hall–Kier alpha value is 0.0700. The van der Waals surface area contributed by atoms with Crippen molar-refractivity contribution in [2.75, 3.05) is 20.2 Å². The monoisotopic (exact) mass is 153 g/mol. The van der Waals surface area contributed by atoms with Crippen LogP contribution in [0.1, 0.15) is 0 Å². The third-order valence-corrected chi connectivity index (χ3v) is 1.10. The molecule has 0 saturated heterocycles. The summed E-state index contributed by atoms with van der Waals surface area (Å²) in [6.45, 7) is 0.259. The highest BCUT2D eigenvalue weighted by Gasteiger charge is 1.87. The van der Waals surface area contributed by atoms with Gasteiger partial charge in [-0.05, 0) is 7.05 Å². The smallest absolute Gasteiger partial charge is 0.0643 e. The molecule has 0 saturated carbocycles. The summed E-state index contributed by atoms with van der Waals surface area (Å²) in [6.07, 6.45) is 0. The zero-order valence-electron chi connectivity index (χ0n) is 4.99. The third-order valence-electron chi connectivity index (χ3n) is 0.601. The van der Waals surface area contributed by atoms with Gasteiger partial charge in [0.1, 0.15) is 0 Å². The van der Waals surface area contributed by atoms with E-state index in [9.17, 15) is 14.4 Å². The number of hydrogen-bond acceptors (Lipinski definition) is 5. The van der Waals surface area contributed by atoms with E-state index in [1.54, 1.807) is 7.05 Å². The Balaban J connectivity index is 3.18. The molecule has 0 aliphatic carbocycles. The van der Waals surface area contributed by atoms with Gasteiger partial charge in [0.25, 0.3) is 0 Å². The van der Waals surface area contributed by atoms with Crippen LogP contribution in [0.5, 0.6) is 0 Å². The van der Waals surface area contributed by atoms with Gasteiger partial charge in [-0.15, -0.1) is 0 Å². The molecule has 0 aliphatic rings. The molecule has 0 aromatic rings. The summed E-state index contributed by atoms with van der Waals surface area (Å²) >= 11 is 0. The maximum atomic E-state index is 9.73. The van der Waals surface area contributed by atoms with Crippen LogP contribution in [0.25, 0.3) is 0 Å². The van der Waals surface area contributed by atoms with Gasteiger partial charge in [-0.3, -0.25) is 0 Å². The Labute approximate surface area is 53.3 Å². The zero-order valence-corrected chi connectivity index (χ0v) is 5.89. The molecule has 0 unspecified atom stereocenters. The average molecular weight is 153 g/mol. The van der Waals surface area contributed by atoms with Gasteiger partial charge in [-0.2, -0.15) is 0 Å². The second-order valence-electron chi connectivity index (χ2n) is 1.38. The molecule has 0 amide bonds. The van der Waals surface area contributed by atoms with Crippen molar-refractivity contribution in [1.29, 1.82) is 0 Å². The van der Waals surface area contributed by atoms with Crippen LogP contribution < -0.4 is 15.1 Å². The van der Waals surface area contributed by atoms with Crippen LogP contribution >= 0.6 is 7.82 Å². The highest BCUT2D eigenvalue weighted by molar-refractivity contribution is 7.43. The van der Waals surface area contributed by atoms with E-state index in [-0.39, 0.29) is 6.61 Å². The quantitative estimate of drug-likeness (QED) is 0.375. The van der Waals surface area contributed by atoms with Gasteiger partial charge < -0.3 is 24.2 Å². The van der Waals surface area contributed by atoms with Crippen LogP contribution in [0.3, 0.4) is 0 Å². The van der Waals surface area contributed by atoms with Crippen molar-refractivity contribution >= 4 is 7.82 Å². The molecule has 0 atom stereocenters. The number of nitrogens with one attached hydrogen (secondary N) is 1. The van der Waals surface area contributed by atoms with Gasteiger partial charge in [-0.25, -0.2) is 0 Å². The van der Waals surface area contributed by atoms with Crippen LogP contribution in [0.15, 0.2) is 0 Å². The van der Waals surface area contributed by atoms with Crippen molar-refractivity contribution in [2.45, 2.75) is 0 Å². The standard InChI is InChI=1S/C3H10NO4P/c1-4-2-3-8-9(5,6)7/h4H,2-3H2,1H3,(H2,5,6,7)/p-2. The first-order valence-corrected chi connectivity index (χ1v) is 3.83. The van der Waals surface area contributed by atoms with E-state index < -0.39 is 7.82 Å². The second-order valence-corrected chi connectivity index (χ2v) is 2.54. The van der Waals surface area contributed by atoms with E-state index in [1.165, 1.54) is 0 Å². The minimum Gasteiger partial charge on any atom is -0.790 e. The molecule has 6 heteroatoms. The summed E-state index contributed by atoms with van der Waals surface area (Å²) in [5, 5.41) is 2.62. The van der Waals surface area contributed by atoms with E-state index in [0.717, 1.165) is 0 Å². The van der Waals surface area contributed by atoms with Crippen molar-refractivity contribution in [3.8, 4) is 0 Å². The molecule has 0 rings (SSSR count). The maximum Gasteiger partial charge on any atom is 0.0643 e. The average Bonchev–Trinajstić information content (AvgIpc) is 1.63. The SMILES string of the molecule is CNCCOP(=O)([O-])[O-]. The fraction of sp³-hybridized carbons (Fsp3) is 1.00. The Morgan fingerprint density at radius 3 is 2.56 bits per heavy atom. The van der Waals surface area contributed by atoms with Crippen molar-refractivity contribution in [3.05, 3.63) is 0 Å². The Bertz CT molecular complexity index is 110. The minimum atomic E-state index is -4.74. The largest absolute Gasteiger partial charge is 0.790 e. The van der Waals surface area contributed by atoms with E-state index in [1.807, 2.05) is 0 Å². The summed E-state index contributed by atoms with van der Waals surface area (Å²) in [6, 6.07) is 0. The molecular formula is C3H8NO4P-2. The lowest BCUT2D eigenvalue weighted by Gasteiger charge is -2.28. The fourth-order valence-electron chi connectivity index (χ4n) is 0.260. The topological polar surface area (TPSA) is 84.5 Å². The summed E-state index contributed by atoms with van der Waals surface area (Å²) in [4.78, 5) is 19.5. The number of rotatable bonds is 4. The van der Waals surface area contributed by atoms with Crippen molar-refractivity contribution in [1.82, 2.24) is 5.32 Å². The van der Waals surface area contributed by atoms with Gasteiger partial charge in [0.15, 0.2) is 0 Å². The summed E-state index contributed by atoms with van der Waals surface area (Å²) in [7, 11) is -3.11. The number of hydrogen-bond donors (Lipinski definition) is 1. The molecule has 5 nitrogen and oxygen atoms in total. The summed E-state index contributed by atoms with van der Waals surface area (Å²) in [5.41, 5.74) is 0. The number of phosphoric acid groups is 1. The van der Waals surface area contributed by atoms with Crippen molar-refractivity contribution in [3.63, 3.8) is 0 Å². The Morgan fingerprint density at radius 2 is 2.22 bits per heavy atom. The van der Waals surface area contributed by atoms with Crippen molar-refractivity contribution < 1.29 is 18.9 Å². The van der Waals surface area contributed by atoms with Gasteiger partial charge in [0.2, 0.25) is 0 Å². The van der Waals surface area contributed by atoms with Crippen molar-refractivity contribution in [2.24, 2.45) is 0 Å². The van der Waals surface area contributed by atoms with Gasteiger partial charge in [-0.1, -0.05) is 0 Å². The summed E-state index contributed by atoms with van der Waals surface area (Å²) in [5.74, 6) is 0. The Morgan fingerprint density at radius 1 is 1.67 bits per heavy atom. The van der Waals surface area contributed by atoms with Crippen LogP contribution in [0.2, 0.25) is 0 Å². The van der Waals surface area contributed by atoms with Gasteiger partial charge in [0.05, 0.1) is 14.4 Å². The molecule has 0 fully saturated rings. The van der Waals surface area contributed by atoms with Crippen LogP contribution in [0, 0.1) is 0 Å². The van der Waals surface area contributed by atoms with E-state index in [2.05, 4.69) is 9.84 Å². The zero-order chi connectivity index (χ0) is 7.33. The predicted octanol–water partition coefficient (Wildman–Crippen LogP) is -1.95. The van der Waals surface area contributed by atoms with Crippen LogP contribution in [0.4, 0.5) is 0 Å². The molecular weight excluding hydrogens is 145 g/mol. The first kappa shape index (κ1) is 9.07. The first-order valence-electron chi connectivity index (χ1n) is 2.37. The molecule has 0 bridgehead atoms. The van der Waals surface area contributed by atoms with Gasteiger partial charge in [0, 0.05) is 6.54 Å². The highest BCUT2D eigenvalue weighted by Crippen LogP contribution is 2.23. The van der Waals surface area contributed by atoms with Crippen LogP contribution in [-0.4, -0.2) is 20.2 Å². The molecule has 0 aromatic carbocycles. The molecule has 9 heavy (non-hydrogen) atoms. The second kappa shape index (κ2) is 3.98. The first-order chi connectivity index (χ1) is 4.06.